The van der Waals surface area contributed by atoms with E-state index in [1.54, 1.807) is 56.3 Å². The second kappa shape index (κ2) is 21.8. The summed E-state index contributed by atoms with van der Waals surface area (Å²) < 4.78 is 24.6. The van der Waals surface area contributed by atoms with Crippen molar-refractivity contribution in [3.63, 3.8) is 0 Å². The summed E-state index contributed by atoms with van der Waals surface area (Å²) in [7, 11) is 3.11. The second-order valence-corrected chi connectivity index (χ2v) is 19.3. The highest BCUT2D eigenvalue weighted by Crippen LogP contribution is 2.43. The van der Waals surface area contributed by atoms with Crippen molar-refractivity contribution in [3.05, 3.63) is 124 Å². The molecule has 16 heteroatoms. The zero-order valence-electron chi connectivity index (χ0n) is 42.0. The molecule has 0 saturated carbocycles. The number of methoxy groups -OCH3 is 2. The average Bonchev–Trinajstić information content (AvgIpc) is 3.83. The Morgan fingerprint density at radius 2 is 1.23 bits per heavy atom. The molecule has 4 heterocycles. The van der Waals surface area contributed by atoms with E-state index in [-0.39, 0.29) is 55.2 Å². The molecule has 5 aromatic carbocycles. The molecule has 0 aliphatic carbocycles. The predicted molar refractivity (Wildman–Crippen MR) is 280 cm³/mol. The molecule has 0 unspecified atom stereocenters. The van der Waals surface area contributed by atoms with Gasteiger partial charge in [-0.3, -0.25) is 38.9 Å². The van der Waals surface area contributed by atoms with Gasteiger partial charge in [0.15, 0.2) is 23.0 Å². The number of nitrogens with zero attached hydrogens (tertiary/aromatic N) is 4. The zero-order chi connectivity index (χ0) is 51.3. The van der Waals surface area contributed by atoms with Gasteiger partial charge < -0.3 is 39.8 Å². The highest BCUT2D eigenvalue weighted by Gasteiger charge is 2.37. The Kier molecular flexibility index (Phi) is 14.9. The van der Waals surface area contributed by atoms with E-state index < -0.39 is 23.9 Å². The van der Waals surface area contributed by atoms with E-state index in [1.165, 1.54) is 18.4 Å². The number of carbonyl (C=O) groups excluding carboxylic acids is 5. The van der Waals surface area contributed by atoms with Crippen molar-refractivity contribution in [2.45, 2.75) is 110 Å². The van der Waals surface area contributed by atoms with E-state index in [2.05, 4.69) is 45.1 Å². The fourth-order valence-corrected chi connectivity index (χ4v) is 9.69. The van der Waals surface area contributed by atoms with Crippen LogP contribution >= 0.6 is 0 Å². The molecule has 0 aromatic heterocycles. The van der Waals surface area contributed by atoms with E-state index in [9.17, 15) is 24.0 Å². The van der Waals surface area contributed by atoms with Gasteiger partial charge in [-0.15, -0.1) is 0 Å². The Labute approximate surface area is 425 Å². The molecule has 16 nitrogen and oxygen atoms in total. The lowest BCUT2D eigenvalue weighted by molar-refractivity contribution is -0.130. The maximum Gasteiger partial charge on any atom is 0.261 e. The summed E-state index contributed by atoms with van der Waals surface area (Å²) in [6, 6.07) is 26.9. The van der Waals surface area contributed by atoms with E-state index in [0.29, 0.717) is 83.3 Å². The van der Waals surface area contributed by atoms with Crippen LogP contribution in [-0.2, 0) is 51.8 Å². The molecule has 0 fully saturated rings. The van der Waals surface area contributed by atoms with Crippen LogP contribution in [0.2, 0.25) is 0 Å². The number of nitrogens with one attached hydrogen (secondary N) is 3. The predicted octanol–water partition coefficient (Wildman–Crippen LogP) is 8.53. The minimum absolute atomic E-state index is 0.0147. The van der Waals surface area contributed by atoms with Gasteiger partial charge in [0.25, 0.3) is 5.91 Å². The third-order valence-electron chi connectivity index (χ3n) is 13.7. The molecule has 5 aromatic rings. The van der Waals surface area contributed by atoms with Crippen molar-refractivity contribution in [2.24, 2.45) is 15.9 Å². The minimum Gasteiger partial charge on any atom is -0.493 e. The quantitative estimate of drug-likeness (QED) is 0.0677. The molecule has 378 valence electrons. The Morgan fingerprint density at radius 1 is 0.644 bits per heavy atom. The number of hydrogen-bond donors (Lipinski definition) is 3. The van der Waals surface area contributed by atoms with Crippen LogP contribution in [0.1, 0.15) is 91.6 Å². The smallest absolute Gasteiger partial charge is 0.261 e. The Morgan fingerprint density at radius 3 is 1.93 bits per heavy atom. The van der Waals surface area contributed by atoms with E-state index >= 15 is 0 Å². The molecule has 73 heavy (non-hydrogen) atoms. The standard InChI is InChI=1S/C57H61N7O9/c1-33(2)49(65)17-11-12-18-54(66)60-34(3)55(67)61-35(4)56(68)62-41-20-36(31-72-52-26-45-40(24-50(52)70-5)30-63-42(28-58-45)22-38-13-7-9-15-47(38)63)19-37(21-41)32-73-53-27-46-44(25-51(53)71-6)57(69)64-43(29-59-46)23-39-14-8-10-16-48(39)64/h7-10,13-16,19-21,24-29,33-35,42-43H,11-12,17-18,22-23,30-32H2,1-6H3,(H,60,66)(H,61,67)(H,62,68)/t34-,35-,42-,43-/m0/s1. The van der Waals surface area contributed by atoms with Crippen LogP contribution in [0.25, 0.3) is 0 Å². The number of aliphatic imine (C=N–C) groups is 2. The number of para-hydroxylation sites is 2. The van der Waals surface area contributed by atoms with Crippen LogP contribution < -0.4 is 44.7 Å². The number of fused-ring (bicyclic) bond motifs is 8. The largest absolute Gasteiger partial charge is 0.493 e. The van der Waals surface area contributed by atoms with Crippen molar-refractivity contribution < 1.29 is 42.9 Å². The number of benzene rings is 5. The number of Topliss-reactive ketones (excluding diaryl/α,β-unsaturated/α-hetero) is 1. The molecule has 4 aliphatic rings. The summed E-state index contributed by atoms with van der Waals surface area (Å²) in [6.45, 7) is 7.54. The van der Waals surface area contributed by atoms with E-state index in [1.807, 2.05) is 62.5 Å². The van der Waals surface area contributed by atoms with Gasteiger partial charge in [0.1, 0.15) is 31.1 Å². The van der Waals surface area contributed by atoms with Crippen molar-refractivity contribution in [1.82, 2.24) is 10.6 Å². The topological polar surface area (TPSA) is 190 Å². The van der Waals surface area contributed by atoms with Gasteiger partial charge in [0, 0.05) is 78.9 Å². The van der Waals surface area contributed by atoms with Crippen LogP contribution in [0, 0.1) is 5.92 Å². The van der Waals surface area contributed by atoms with Gasteiger partial charge in [0.2, 0.25) is 17.7 Å². The number of amides is 4. The first-order chi connectivity index (χ1) is 35.3. The van der Waals surface area contributed by atoms with Gasteiger partial charge in [-0.2, -0.15) is 0 Å². The van der Waals surface area contributed by atoms with Crippen molar-refractivity contribution >= 4 is 70.3 Å². The van der Waals surface area contributed by atoms with Crippen LogP contribution in [0.3, 0.4) is 0 Å². The summed E-state index contributed by atoms with van der Waals surface area (Å²) >= 11 is 0. The number of ketones is 1. The van der Waals surface area contributed by atoms with Crippen molar-refractivity contribution in [2.75, 3.05) is 29.3 Å². The number of rotatable bonds is 19. The lowest BCUT2D eigenvalue weighted by Gasteiger charge is -2.24. The average molecular weight is 988 g/mol. The number of carbonyl (C=O) groups is 5. The molecular weight excluding hydrogens is 927 g/mol. The molecule has 4 atom stereocenters. The zero-order valence-corrected chi connectivity index (χ0v) is 42.0. The first-order valence-electron chi connectivity index (χ1n) is 24.9. The maximum absolute atomic E-state index is 14.1. The number of hydrogen-bond acceptors (Lipinski definition) is 12. The molecule has 0 saturated heterocycles. The van der Waals surface area contributed by atoms with E-state index in [4.69, 9.17) is 28.9 Å². The third kappa shape index (κ3) is 11.1. The molecule has 0 radical (unpaired) electrons. The molecule has 3 N–H and O–H groups in total. The van der Waals surface area contributed by atoms with Crippen LogP contribution in [0.15, 0.2) is 101 Å². The normalized spacial score (nSPS) is 16.6. The number of anilines is 3. The summed E-state index contributed by atoms with van der Waals surface area (Å²) in [5.41, 5.74) is 8.80. The minimum atomic E-state index is -0.987. The SMILES string of the molecule is COc1cc2c(cc1OCc1cc(COc3cc4c(cc3OC)C(=O)N3c5ccccc5C[C@H]3C=N4)cc(NC(=O)[C@H](C)NC(=O)[C@H](C)NC(=O)CCCCC(=O)C(C)C)c1)N=C[C@@H]1Cc3ccccc3N1C2. The van der Waals surface area contributed by atoms with Gasteiger partial charge >= 0.3 is 0 Å². The molecule has 0 bridgehead atoms. The van der Waals surface area contributed by atoms with E-state index in [0.717, 1.165) is 28.9 Å². The van der Waals surface area contributed by atoms with Crippen LogP contribution in [0.5, 0.6) is 23.0 Å². The Bertz CT molecular complexity index is 3020. The second-order valence-electron chi connectivity index (χ2n) is 19.3. The molecule has 0 spiro atoms. The first-order valence-corrected chi connectivity index (χ1v) is 24.9. The van der Waals surface area contributed by atoms with Gasteiger partial charge in [-0.1, -0.05) is 50.2 Å². The van der Waals surface area contributed by atoms with Gasteiger partial charge in [-0.05, 0) is 97.8 Å². The molecule has 4 aliphatic heterocycles. The summed E-state index contributed by atoms with van der Waals surface area (Å²) in [5.74, 6) is 0.304. The van der Waals surface area contributed by atoms with Gasteiger partial charge in [-0.25, -0.2) is 0 Å². The van der Waals surface area contributed by atoms with Gasteiger partial charge in [0.05, 0.1) is 43.2 Å². The van der Waals surface area contributed by atoms with Crippen molar-refractivity contribution in [3.8, 4) is 23.0 Å². The Balaban J connectivity index is 0.918. The molecule has 9 rings (SSSR count). The fraction of sp³-hybridized carbons (Fsp3) is 0.351. The first kappa shape index (κ1) is 50.0. The number of ether oxygens (including phenoxy) is 4. The summed E-state index contributed by atoms with van der Waals surface area (Å²) in [5, 5.41) is 8.33. The molecule has 4 amide bonds. The van der Waals surface area contributed by atoms with Crippen molar-refractivity contribution in [1.29, 1.82) is 0 Å². The summed E-state index contributed by atoms with van der Waals surface area (Å²) in [4.78, 5) is 79.4. The highest BCUT2D eigenvalue weighted by molar-refractivity contribution is 6.14. The number of unbranched alkanes of at least 4 members (excludes halogenated alkanes) is 1. The Hall–Kier alpha value is -8.01. The lowest BCUT2D eigenvalue weighted by Crippen LogP contribution is -2.50. The fourth-order valence-electron chi connectivity index (χ4n) is 9.69. The third-order valence-corrected chi connectivity index (χ3v) is 13.7. The van der Waals surface area contributed by atoms with Crippen LogP contribution in [-0.4, -0.2) is 80.2 Å². The lowest BCUT2D eigenvalue weighted by atomic mass is 10.0. The highest BCUT2D eigenvalue weighted by atomic mass is 16.5. The summed E-state index contributed by atoms with van der Waals surface area (Å²) in [6.07, 6.45) is 7.02. The monoisotopic (exact) mass is 987 g/mol. The molecular formula is C57H61N7O9. The maximum atomic E-state index is 14.1. The van der Waals surface area contributed by atoms with Crippen LogP contribution in [0.4, 0.5) is 28.4 Å².